The average molecular weight is 463 g/mol. The van der Waals surface area contributed by atoms with Crippen molar-refractivity contribution in [3.63, 3.8) is 0 Å². The molecule has 1 aliphatic heterocycles. The van der Waals surface area contributed by atoms with Gasteiger partial charge in [0.2, 0.25) is 0 Å². The lowest BCUT2D eigenvalue weighted by Crippen LogP contribution is -2.22. The highest BCUT2D eigenvalue weighted by Gasteiger charge is 2.34. The van der Waals surface area contributed by atoms with Crippen molar-refractivity contribution in [2.45, 2.75) is 36.5 Å². The van der Waals surface area contributed by atoms with Crippen LogP contribution in [0.4, 0.5) is 19.0 Å². The number of amides is 1. The molecule has 0 bridgehead atoms. The summed E-state index contributed by atoms with van der Waals surface area (Å²) in [6.07, 6.45) is 0.555. The highest BCUT2D eigenvalue weighted by Crippen LogP contribution is 2.33. The highest BCUT2D eigenvalue weighted by molar-refractivity contribution is 7.98. The molecule has 0 spiro atoms. The Morgan fingerprint density at radius 1 is 1.12 bits per heavy atom. The Bertz CT molecular complexity index is 1070. The number of carbonyl (C=O) groups is 1. The minimum atomic E-state index is -4.56. The summed E-state index contributed by atoms with van der Waals surface area (Å²) in [4.78, 5) is 26.0. The Balaban J connectivity index is 1.40. The van der Waals surface area contributed by atoms with Crippen LogP contribution in [-0.4, -0.2) is 33.9 Å². The van der Waals surface area contributed by atoms with Crippen molar-refractivity contribution in [1.82, 2.24) is 20.3 Å². The van der Waals surface area contributed by atoms with Crippen LogP contribution >= 0.6 is 11.8 Å². The molecule has 0 radical (unpaired) electrons. The van der Waals surface area contributed by atoms with Gasteiger partial charge >= 0.3 is 6.18 Å². The van der Waals surface area contributed by atoms with Crippen LogP contribution in [0.5, 0.6) is 0 Å². The van der Waals surface area contributed by atoms with Gasteiger partial charge in [0.25, 0.3) is 5.91 Å². The van der Waals surface area contributed by atoms with Crippen LogP contribution in [-0.2, 0) is 18.5 Å². The van der Waals surface area contributed by atoms with Gasteiger partial charge in [-0.25, -0.2) is 9.97 Å². The zero-order valence-electron chi connectivity index (χ0n) is 16.9. The number of nitrogens with zero attached hydrogens (tertiary/aromatic N) is 4. The van der Waals surface area contributed by atoms with Gasteiger partial charge in [-0.2, -0.15) is 13.2 Å². The minimum Gasteiger partial charge on any atom is -0.455 e. The number of hydrogen-bond donors (Lipinski definition) is 1. The number of carbonyl (C=O) groups excluding carboxylic acids is 1. The van der Waals surface area contributed by atoms with Gasteiger partial charge in [-0.05, 0) is 42.7 Å². The molecule has 0 saturated carbocycles. The molecule has 168 valence electrons. The predicted octanol–water partition coefficient (Wildman–Crippen LogP) is 4.31. The number of thioether (sulfide) groups is 1. The van der Waals surface area contributed by atoms with E-state index in [1.165, 1.54) is 6.07 Å². The lowest BCUT2D eigenvalue weighted by Gasteiger charge is -2.18. The monoisotopic (exact) mass is 463 g/mol. The largest absolute Gasteiger partial charge is 0.455 e. The van der Waals surface area contributed by atoms with Gasteiger partial charge in [0.05, 0.1) is 5.75 Å². The smallest absolute Gasteiger partial charge is 0.433 e. The molecule has 0 aliphatic carbocycles. The number of alkyl halides is 3. The van der Waals surface area contributed by atoms with E-state index in [0.717, 1.165) is 36.2 Å². The van der Waals surface area contributed by atoms with Gasteiger partial charge in [0, 0.05) is 38.1 Å². The van der Waals surface area contributed by atoms with Gasteiger partial charge in [-0.1, -0.05) is 11.8 Å². The van der Waals surface area contributed by atoms with Crippen molar-refractivity contribution < 1.29 is 22.4 Å². The molecule has 1 saturated heterocycles. The first-order valence-electron chi connectivity index (χ1n) is 9.98. The van der Waals surface area contributed by atoms with Gasteiger partial charge < -0.3 is 14.6 Å². The molecule has 0 atom stereocenters. The van der Waals surface area contributed by atoms with E-state index in [1.54, 1.807) is 30.6 Å². The highest BCUT2D eigenvalue weighted by atomic mass is 32.2. The Kier molecular flexibility index (Phi) is 6.63. The lowest BCUT2D eigenvalue weighted by molar-refractivity contribution is -0.141. The van der Waals surface area contributed by atoms with E-state index < -0.39 is 11.9 Å². The Hall–Kier alpha value is -3.08. The van der Waals surface area contributed by atoms with Crippen molar-refractivity contribution in [3.05, 3.63) is 65.5 Å². The first-order valence-corrected chi connectivity index (χ1v) is 11.0. The normalized spacial score (nSPS) is 14.0. The van der Waals surface area contributed by atoms with Crippen LogP contribution in [0.2, 0.25) is 0 Å². The molecule has 11 heteroatoms. The second-order valence-electron chi connectivity index (χ2n) is 7.18. The van der Waals surface area contributed by atoms with Crippen LogP contribution < -0.4 is 10.2 Å². The number of pyridine rings is 1. The molecule has 1 amide bonds. The molecule has 0 aromatic carbocycles. The fraction of sp³-hybridized carbons (Fsp3) is 0.333. The third kappa shape index (κ3) is 5.58. The second kappa shape index (κ2) is 9.60. The third-order valence-electron chi connectivity index (χ3n) is 4.84. The molecule has 3 aromatic rings. The number of furan rings is 1. The van der Waals surface area contributed by atoms with Crippen LogP contribution in [0.25, 0.3) is 0 Å². The molecule has 7 nitrogen and oxygen atoms in total. The van der Waals surface area contributed by atoms with E-state index in [9.17, 15) is 18.0 Å². The van der Waals surface area contributed by atoms with Gasteiger partial charge in [-0.15, -0.1) is 0 Å². The second-order valence-corrected chi connectivity index (χ2v) is 8.12. The summed E-state index contributed by atoms with van der Waals surface area (Å²) in [5.41, 5.74) is -0.0706. The van der Waals surface area contributed by atoms with E-state index in [0.29, 0.717) is 25.4 Å². The first kappa shape index (κ1) is 22.1. The number of hydrogen-bond acceptors (Lipinski definition) is 7. The van der Waals surface area contributed by atoms with Crippen LogP contribution in [0, 0.1) is 0 Å². The molecule has 3 aromatic heterocycles. The fourth-order valence-electron chi connectivity index (χ4n) is 3.21. The fourth-order valence-corrected chi connectivity index (χ4v) is 3.96. The van der Waals surface area contributed by atoms with Gasteiger partial charge in [0.1, 0.15) is 11.6 Å². The predicted molar refractivity (Wildman–Crippen MR) is 112 cm³/mol. The summed E-state index contributed by atoms with van der Waals surface area (Å²) < 4.78 is 45.5. The van der Waals surface area contributed by atoms with Gasteiger partial charge in [0.15, 0.2) is 16.6 Å². The zero-order chi connectivity index (χ0) is 22.6. The molecular formula is C21H20F3N5O2S. The molecule has 1 aliphatic rings. The average Bonchev–Trinajstić information content (AvgIpc) is 3.48. The maximum atomic E-state index is 13.3. The van der Waals surface area contributed by atoms with E-state index in [-0.39, 0.29) is 28.4 Å². The summed E-state index contributed by atoms with van der Waals surface area (Å²) in [5, 5.41) is 2.76. The third-order valence-corrected chi connectivity index (χ3v) is 5.71. The summed E-state index contributed by atoms with van der Waals surface area (Å²) in [6.45, 7) is 1.67. The van der Waals surface area contributed by atoms with Crippen LogP contribution in [0.3, 0.4) is 0 Å². The standard InChI is InChI=1S/C21H20F3N5O2S/c22-21(23,24)17-11-18(29-9-1-2-10-29)28-20(27-17)32-13-15-3-4-16(31-15)19(30)26-12-14-5-7-25-8-6-14/h3-8,11H,1-2,9-10,12-13H2,(H,26,30). The quantitative estimate of drug-likeness (QED) is 0.413. The Labute approximate surface area is 186 Å². The lowest BCUT2D eigenvalue weighted by atomic mass is 10.2. The summed E-state index contributed by atoms with van der Waals surface area (Å²) >= 11 is 1.03. The van der Waals surface area contributed by atoms with Crippen molar-refractivity contribution >= 4 is 23.5 Å². The van der Waals surface area contributed by atoms with E-state index in [1.807, 2.05) is 4.90 Å². The summed E-state index contributed by atoms with van der Waals surface area (Å²) in [6, 6.07) is 7.71. The first-order chi connectivity index (χ1) is 15.4. The molecule has 32 heavy (non-hydrogen) atoms. The molecule has 1 N–H and O–H groups in total. The summed E-state index contributed by atoms with van der Waals surface area (Å²) in [5.74, 6) is 0.649. The topological polar surface area (TPSA) is 84.2 Å². The number of nitrogens with one attached hydrogen (secondary N) is 1. The van der Waals surface area contributed by atoms with Crippen LogP contribution in [0.15, 0.2) is 52.3 Å². The van der Waals surface area contributed by atoms with E-state index >= 15 is 0 Å². The number of anilines is 1. The molecular weight excluding hydrogens is 443 g/mol. The molecule has 1 fully saturated rings. The van der Waals surface area contributed by atoms with Crippen LogP contribution in [0.1, 0.15) is 40.4 Å². The maximum absolute atomic E-state index is 13.3. The van der Waals surface area contributed by atoms with E-state index in [4.69, 9.17) is 4.42 Å². The number of rotatable bonds is 7. The number of halogens is 3. The van der Waals surface area contributed by atoms with Crippen molar-refractivity contribution in [1.29, 1.82) is 0 Å². The molecule has 4 heterocycles. The summed E-state index contributed by atoms with van der Waals surface area (Å²) in [7, 11) is 0. The van der Waals surface area contributed by atoms with Crippen molar-refractivity contribution in [3.8, 4) is 0 Å². The van der Waals surface area contributed by atoms with Crippen molar-refractivity contribution in [2.75, 3.05) is 18.0 Å². The minimum absolute atomic E-state index is 0.0156. The van der Waals surface area contributed by atoms with Gasteiger partial charge in [-0.3, -0.25) is 9.78 Å². The SMILES string of the molecule is O=C(NCc1ccncc1)c1ccc(CSc2nc(N3CCCC3)cc(C(F)(F)F)n2)o1. The van der Waals surface area contributed by atoms with E-state index in [2.05, 4.69) is 20.3 Å². The molecule has 4 rings (SSSR count). The maximum Gasteiger partial charge on any atom is 0.433 e. The van der Waals surface area contributed by atoms with Crippen molar-refractivity contribution in [2.24, 2.45) is 0 Å². The Morgan fingerprint density at radius 3 is 2.59 bits per heavy atom. The zero-order valence-corrected chi connectivity index (χ0v) is 17.7. The number of aromatic nitrogens is 3. The Morgan fingerprint density at radius 2 is 1.88 bits per heavy atom. The molecule has 0 unspecified atom stereocenters.